The Kier molecular flexibility index (Phi) is 3.82. The van der Waals surface area contributed by atoms with E-state index in [-0.39, 0.29) is 17.5 Å². The van der Waals surface area contributed by atoms with Crippen LogP contribution in [0, 0.1) is 5.82 Å². The lowest BCUT2D eigenvalue weighted by Crippen LogP contribution is -2.56. The number of carbonyl (C=O) groups excluding carboxylic acids is 1. The SMILES string of the molecule is CC1CN2CCCC2CN1C(=O)c1ccc(Br)cc1F. The van der Waals surface area contributed by atoms with E-state index in [1.807, 2.05) is 11.8 Å². The van der Waals surface area contributed by atoms with E-state index in [0.29, 0.717) is 10.5 Å². The van der Waals surface area contributed by atoms with Crippen molar-refractivity contribution in [3.8, 4) is 0 Å². The summed E-state index contributed by atoms with van der Waals surface area (Å²) >= 11 is 3.22. The number of piperazine rings is 1. The Morgan fingerprint density at radius 3 is 2.95 bits per heavy atom. The molecule has 2 fully saturated rings. The highest BCUT2D eigenvalue weighted by Crippen LogP contribution is 2.26. The fourth-order valence-electron chi connectivity index (χ4n) is 3.29. The second-order valence-corrected chi connectivity index (χ2v) is 6.64. The van der Waals surface area contributed by atoms with E-state index in [4.69, 9.17) is 0 Å². The molecule has 0 bridgehead atoms. The number of hydrogen-bond acceptors (Lipinski definition) is 2. The summed E-state index contributed by atoms with van der Waals surface area (Å²) in [6.45, 7) is 4.79. The summed E-state index contributed by atoms with van der Waals surface area (Å²) in [5.41, 5.74) is 0.173. The molecule has 2 heterocycles. The topological polar surface area (TPSA) is 23.6 Å². The van der Waals surface area contributed by atoms with E-state index in [1.165, 1.54) is 12.5 Å². The molecule has 1 amide bonds. The molecule has 108 valence electrons. The van der Waals surface area contributed by atoms with Crippen LogP contribution in [0.15, 0.2) is 22.7 Å². The molecule has 0 N–H and O–H groups in total. The predicted molar refractivity (Wildman–Crippen MR) is 79.2 cm³/mol. The van der Waals surface area contributed by atoms with Gasteiger partial charge in [0, 0.05) is 29.6 Å². The third-order valence-corrected chi connectivity index (χ3v) is 4.85. The van der Waals surface area contributed by atoms with Gasteiger partial charge in [0.15, 0.2) is 0 Å². The molecule has 2 aliphatic rings. The average molecular weight is 341 g/mol. The number of hydrogen-bond donors (Lipinski definition) is 0. The van der Waals surface area contributed by atoms with Crippen LogP contribution in [-0.2, 0) is 0 Å². The zero-order valence-corrected chi connectivity index (χ0v) is 13.1. The van der Waals surface area contributed by atoms with Crippen LogP contribution in [0.25, 0.3) is 0 Å². The molecular formula is C15H18BrFN2O. The zero-order valence-electron chi connectivity index (χ0n) is 11.5. The normalized spacial score (nSPS) is 26.6. The van der Waals surface area contributed by atoms with Crippen molar-refractivity contribution in [2.45, 2.75) is 31.8 Å². The Balaban J connectivity index is 1.82. The lowest BCUT2D eigenvalue weighted by molar-refractivity contribution is 0.0391. The first kappa shape index (κ1) is 14.0. The molecule has 2 saturated heterocycles. The fourth-order valence-corrected chi connectivity index (χ4v) is 3.62. The molecule has 20 heavy (non-hydrogen) atoms. The summed E-state index contributed by atoms with van der Waals surface area (Å²) in [7, 11) is 0. The molecule has 5 heteroatoms. The van der Waals surface area contributed by atoms with Gasteiger partial charge in [-0.05, 0) is 44.5 Å². The van der Waals surface area contributed by atoms with Crippen LogP contribution in [0.2, 0.25) is 0 Å². The van der Waals surface area contributed by atoms with Gasteiger partial charge in [-0.25, -0.2) is 4.39 Å². The zero-order chi connectivity index (χ0) is 14.3. The van der Waals surface area contributed by atoms with Gasteiger partial charge in [0.2, 0.25) is 0 Å². The van der Waals surface area contributed by atoms with E-state index >= 15 is 0 Å². The third kappa shape index (κ3) is 2.49. The lowest BCUT2D eigenvalue weighted by atomic mass is 10.1. The Hall–Kier alpha value is -0.940. The largest absolute Gasteiger partial charge is 0.333 e. The maximum absolute atomic E-state index is 14.0. The van der Waals surface area contributed by atoms with E-state index in [0.717, 1.165) is 26.1 Å². The first-order chi connectivity index (χ1) is 9.56. The van der Waals surface area contributed by atoms with E-state index < -0.39 is 5.82 Å². The molecule has 2 unspecified atom stereocenters. The third-order valence-electron chi connectivity index (χ3n) is 4.36. The molecule has 0 saturated carbocycles. The Bertz CT molecular complexity index is 537. The van der Waals surface area contributed by atoms with Crippen LogP contribution in [0.1, 0.15) is 30.1 Å². The number of benzene rings is 1. The highest BCUT2D eigenvalue weighted by atomic mass is 79.9. The van der Waals surface area contributed by atoms with Crippen LogP contribution in [0.3, 0.4) is 0 Å². The highest BCUT2D eigenvalue weighted by molar-refractivity contribution is 9.10. The number of nitrogens with zero attached hydrogens (tertiary/aromatic N) is 2. The van der Waals surface area contributed by atoms with Crippen LogP contribution in [-0.4, -0.2) is 47.4 Å². The summed E-state index contributed by atoms with van der Waals surface area (Å²) in [5.74, 6) is -0.639. The molecule has 3 nitrogen and oxygen atoms in total. The number of amides is 1. The number of fused-ring (bicyclic) bond motifs is 1. The molecule has 0 spiro atoms. The first-order valence-corrected chi connectivity index (χ1v) is 7.85. The quantitative estimate of drug-likeness (QED) is 0.784. The minimum Gasteiger partial charge on any atom is -0.333 e. The summed E-state index contributed by atoms with van der Waals surface area (Å²) in [6.07, 6.45) is 2.34. The first-order valence-electron chi connectivity index (χ1n) is 7.06. The molecular weight excluding hydrogens is 323 g/mol. The maximum atomic E-state index is 14.0. The van der Waals surface area contributed by atoms with Gasteiger partial charge in [0.05, 0.1) is 5.56 Å². The van der Waals surface area contributed by atoms with Gasteiger partial charge in [-0.15, -0.1) is 0 Å². The molecule has 3 rings (SSSR count). The minimum atomic E-state index is -0.453. The minimum absolute atomic E-state index is 0.139. The number of rotatable bonds is 1. The van der Waals surface area contributed by atoms with Gasteiger partial charge in [-0.3, -0.25) is 9.69 Å². The van der Waals surface area contributed by atoms with E-state index in [9.17, 15) is 9.18 Å². The van der Waals surface area contributed by atoms with Crippen molar-refractivity contribution in [1.82, 2.24) is 9.80 Å². The lowest BCUT2D eigenvalue weighted by Gasteiger charge is -2.42. The second kappa shape index (κ2) is 5.45. The highest BCUT2D eigenvalue weighted by Gasteiger charge is 2.37. The number of carbonyl (C=O) groups is 1. The van der Waals surface area contributed by atoms with Crippen molar-refractivity contribution < 1.29 is 9.18 Å². The monoisotopic (exact) mass is 340 g/mol. The van der Waals surface area contributed by atoms with Crippen molar-refractivity contribution in [2.24, 2.45) is 0 Å². The predicted octanol–water partition coefficient (Wildman–Crippen LogP) is 2.90. The molecule has 0 aromatic heterocycles. The van der Waals surface area contributed by atoms with Crippen molar-refractivity contribution >= 4 is 21.8 Å². The average Bonchev–Trinajstić information content (AvgIpc) is 2.84. The summed E-state index contributed by atoms with van der Waals surface area (Å²) in [5, 5.41) is 0. The Morgan fingerprint density at radius 2 is 2.20 bits per heavy atom. The van der Waals surface area contributed by atoms with Crippen molar-refractivity contribution in [3.63, 3.8) is 0 Å². The van der Waals surface area contributed by atoms with Gasteiger partial charge in [0.1, 0.15) is 5.82 Å². The molecule has 1 aromatic rings. The van der Waals surface area contributed by atoms with Crippen LogP contribution >= 0.6 is 15.9 Å². The molecule has 2 aliphatic heterocycles. The summed E-state index contributed by atoms with van der Waals surface area (Å²) < 4.78 is 14.6. The Morgan fingerprint density at radius 1 is 1.40 bits per heavy atom. The number of halogens is 2. The van der Waals surface area contributed by atoms with Gasteiger partial charge < -0.3 is 4.90 Å². The van der Waals surface area contributed by atoms with Crippen molar-refractivity contribution in [2.75, 3.05) is 19.6 Å². The van der Waals surface area contributed by atoms with Gasteiger partial charge in [-0.2, -0.15) is 0 Å². The van der Waals surface area contributed by atoms with Gasteiger partial charge in [-0.1, -0.05) is 15.9 Å². The van der Waals surface area contributed by atoms with Gasteiger partial charge in [0.25, 0.3) is 5.91 Å². The standard InChI is InChI=1S/C15H18BrFN2O/c1-10-8-18-6-2-3-12(18)9-19(10)15(20)13-5-4-11(16)7-14(13)17/h4-5,7,10,12H,2-3,6,8-9H2,1H3. The summed E-state index contributed by atoms with van der Waals surface area (Å²) in [4.78, 5) is 16.9. The van der Waals surface area contributed by atoms with E-state index in [1.54, 1.807) is 12.1 Å². The van der Waals surface area contributed by atoms with Crippen LogP contribution < -0.4 is 0 Å². The van der Waals surface area contributed by atoms with E-state index in [2.05, 4.69) is 20.8 Å². The second-order valence-electron chi connectivity index (χ2n) is 5.72. The fraction of sp³-hybridized carbons (Fsp3) is 0.533. The summed E-state index contributed by atoms with van der Waals surface area (Å²) in [6, 6.07) is 5.22. The van der Waals surface area contributed by atoms with Crippen LogP contribution in [0.5, 0.6) is 0 Å². The van der Waals surface area contributed by atoms with Gasteiger partial charge >= 0.3 is 0 Å². The van der Waals surface area contributed by atoms with Crippen molar-refractivity contribution in [1.29, 1.82) is 0 Å². The molecule has 0 aliphatic carbocycles. The van der Waals surface area contributed by atoms with Crippen molar-refractivity contribution in [3.05, 3.63) is 34.1 Å². The Labute approximate surface area is 126 Å². The van der Waals surface area contributed by atoms with Crippen LogP contribution in [0.4, 0.5) is 4.39 Å². The molecule has 2 atom stereocenters. The molecule has 1 aromatic carbocycles. The smallest absolute Gasteiger partial charge is 0.257 e. The molecule has 0 radical (unpaired) electrons. The maximum Gasteiger partial charge on any atom is 0.257 e.